The van der Waals surface area contributed by atoms with E-state index in [0.29, 0.717) is 23.6 Å². The fraction of sp³-hybridized carbons (Fsp3) is 0.115. The van der Waals surface area contributed by atoms with E-state index in [9.17, 15) is 4.79 Å². The Morgan fingerprint density at radius 3 is 2.47 bits per heavy atom. The Kier molecular flexibility index (Phi) is 6.12. The zero-order valence-electron chi connectivity index (χ0n) is 18.0. The van der Waals surface area contributed by atoms with Crippen molar-refractivity contribution in [2.24, 2.45) is 0 Å². The smallest absolute Gasteiger partial charge is 0.255 e. The molecule has 0 bridgehead atoms. The lowest BCUT2D eigenvalue weighted by molar-refractivity contribution is 0.102. The van der Waals surface area contributed by atoms with Gasteiger partial charge in [0.15, 0.2) is 0 Å². The molecule has 0 aliphatic heterocycles. The number of ether oxygens (including phenoxy) is 1. The number of hydrogen-bond donors (Lipinski definition) is 2. The summed E-state index contributed by atoms with van der Waals surface area (Å²) < 4.78 is 5.74. The Bertz CT molecular complexity index is 1220. The average molecular weight is 425 g/mol. The van der Waals surface area contributed by atoms with E-state index < -0.39 is 0 Å². The summed E-state index contributed by atoms with van der Waals surface area (Å²) in [5.41, 5.74) is 12.3. The molecule has 0 saturated heterocycles. The second kappa shape index (κ2) is 9.31. The zero-order chi connectivity index (χ0) is 22.5. The van der Waals surface area contributed by atoms with Gasteiger partial charge in [0.2, 0.25) is 0 Å². The third kappa shape index (κ3) is 4.92. The molecule has 0 atom stereocenters. The summed E-state index contributed by atoms with van der Waals surface area (Å²) in [5.74, 6) is 0.486. The molecule has 6 heteroatoms. The van der Waals surface area contributed by atoms with Gasteiger partial charge in [0.05, 0.1) is 23.3 Å². The zero-order valence-corrected chi connectivity index (χ0v) is 18.0. The molecule has 2 aromatic heterocycles. The Morgan fingerprint density at radius 1 is 0.969 bits per heavy atom. The molecule has 32 heavy (non-hydrogen) atoms. The number of hydrogen-bond acceptors (Lipinski definition) is 5. The van der Waals surface area contributed by atoms with Gasteiger partial charge < -0.3 is 15.8 Å². The molecule has 0 spiro atoms. The summed E-state index contributed by atoms with van der Waals surface area (Å²) in [6, 6.07) is 20.4. The van der Waals surface area contributed by atoms with Gasteiger partial charge in [0.1, 0.15) is 12.4 Å². The summed E-state index contributed by atoms with van der Waals surface area (Å²) in [6.07, 6.45) is 3.36. The molecule has 6 nitrogen and oxygen atoms in total. The maximum atomic E-state index is 12.8. The summed E-state index contributed by atoms with van der Waals surface area (Å²) in [4.78, 5) is 21.5. The number of aromatic nitrogens is 2. The molecule has 1 amide bonds. The van der Waals surface area contributed by atoms with Crippen LogP contribution in [-0.4, -0.2) is 15.9 Å². The van der Waals surface area contributed by atoms with Gasteiger partial charge in [-0.1, -0.05) is 12.1 Å². The van der Waals surface area contributed by atoms with Gasteiger partial charge in [-0.3, -0.25) is 14.8 Å². The van der Waals surface area contributed by atoms with Gasteiger partial charge in [0.25, 0.3) is 5.91 Å². The molecule has 0 saturated carbocycles. The Labute approximate surface area is 187 Å². The van der Waals surface area contributed by atoms with Crippen molar-refractivity contribution >= 4 is 17.3 Å². The monoisotopic (exact) mass is 424 g/mol. The number of nitrogen functional groups attached to an aromatic ring is 1. The minimum Gasteiger partial charge on any atom is -0.487 e. The highest BCUT2D eigenvalue weighted by molar-refractivity contribution is 6.05. The van der Waals surface area contributed by atoms with Gasteiger partial charge >= 0.3 is 0 Å². The number of nitrogens with two attached hydrogens (primary N) is 1. The van der Waals surface area contributed by atoms with Crippen LogP contribution in [0.25, 0.3) is 11.3 Å². The van der Waals surface area contributed by atoms with Gasteiger partial charge in [-0.05, 0) is 79.6 Å². The quantitative estimate of drug-likeness (QED) is 0.445. The molecule has 0 unspecified atom stereocenters. The van der Waals surface area contributed by atoms with Gasteiger partial charge in [-0.25, -0.2) is 0 Å². The second-order valence-corrected chi connectivity index (χ2v) is 7.55. The van der Waals surface area contributed by atoms with Crippen molar-refractivity contribution < 1.29 is 9.53 Å². The van der Waals surface area contributed by atoms with Crippen LogP contribution in [0.5, 0.6) is 5.75 Å². The molecule has 160 valence electrons. The van der Waals surface area contributed by atoms with Crippen LogP contribution in [0.4, 0.5) is 11.4 Å². The van der Waals surface area contributed by atoms with Crippen molar-refractivity contribution in [3.63, 3.8) is 0 Å². The minimum absolute atomic E-state index is 0.190. The third-order valence-electron chi connectivity index (χ3n) is 5.11. The Morgan fingerprint density at radius 2 is 1.78 bits per heavy atom. The molecule has 4 rings (SSSR count). The molecule has 0 fully saturated rings. The van der Waals surface area contributed by atoms with Crippen molar-refractivity contribution in [3.05, 3.63) is 102 Å². The van der Waals surface area contributed by atoms with E-state index in [0.717, 1.165) is 33.8 Å². The van der Waals surface area contributed by atoms with E-state index in [-0.39, 0.29) is 5.91 Å². The van der Waals surface area contributed by atoms with Gasteiger partial charge in [-0.15, -0.1) is 0 Å². The summed E-state index contributed by atoms with van der Waals surface area (Å²) in [6.45, 7) is 4.36. The van der Waals surface area contributed by atoms with Gasteiger partial charge in [0, 0.05) is 23.0 Å². The molecular formula is C26H24N4O2. The topological polar surface area (TPSA) is 90.1 Å². The number of carbonyl (C=O) groups excluding carboxylic acids is 1. The maximum absolute atomic E-state index is 12.8. The summed E-state index contributed by atoms with van der Waals surface area (Å²) in [5, 5.41) is 3.01. The number of anilines is 2. The van der Waals surface area contributed by atoms with Crippen molar-refractivity contribution in [1.82, 2.24) is 9.97 Å². The summed E-state index contributed by atoms with van der Waals surface area (Å²) >= 11 is 0. The van der Waals surface area contributed by atoms with Crippen LogP contribution in [0.3, 0.4) is 0 Å². The lowest BCUT2D eigenvalue weighted by atomic mass is 10.0. The van der Waals surface area contributed by atoms with E-state index in [1.807, 2.05) is 56.3 Å². The van der Waals surface area contributed by atoms with E-state index >= 15 is 0 Å². The molecule has 0 aliphatic carbocycles. The van der Waals surface area contributed by atoms with Crippen molar-refractivity contribution in [3.8, 4) is 17.0 Å². The van der Waals surface area contributed by atoms with Crippen LogP contribution in [-0.2, 0) is 6.61 Å². The predicted octanol–water partition coefficient (Wildman–Crippen LogP) is 5.17. The molecule has 4 aromatic rings. The number of nitrogens with one attached hydrogen (secondary N) is 1. The number of benzene rings is 2. The highest BCUT2D eigenvalue weighted by Gasteiger charge is 2.12. The fourth-order valence-corrected chi connectivity index (χ4v) is 3.37. The first-order valence-corrected chi connectivity index (χ1v) is 10.3. The largest absolute Gasteiger partial charge is 0.487 e. The lowest BCUT2D eigenvalue weighted by Crippen LogP contribution is -2.13. The number of rotatable bonds is 6. The third-order valence-corrected chi connectivity index (χ3v) is 5.11. The average Bonchev–Trinajstić information content (AvgIpc) is 2.81. The molecule has 0 aliphatic rings. The molecule has 0 radical (unpaired) electrons. The first-order valence-electron chi connectivity index (χ1n) is 10.3. The summed E-state index contributed by atoms with van der Waals surface area (Å²) in [7, 11) is 0. The lowest BCUT2D eigenvalue weighted by Gasteiger charge is -2.14. The van der Waals surface area contributed by atoms with E-state index in [2.05, 4.69) is 15.3 Å². The normalized spacial score (nSPS) is 10.6. The number of aryl methyl sites for hydroxylation is 2. The Balaban J connectivity index is 1.47. The second-order valence-electron chi connectivity index (χ2n) is 7.55. The SMILES string of the molecule is Cc1cc(C)c(-c2ccc(N)cn2)cc1NC(=O)c1ccc(OCc2ccccn2)cc1. The predicted molar refractivity (Wildman–Crippen MR) is 127 cm³/mol. The maximum Gasteiger partial charge on any atom is 0.255 e. The fourth-order valence-electron chi connectivity index (χ4n) is 3.37. The number of nitrogens with zero attached hydrogens (tertiary/aromatic N) is 2. The van der Waals surface area contributed by atoms with Crippen molar-refractivity contribution in [1.29, 1.82) is 0 Å². The minimum atomic E-state index is -0.190. The molecule has 2 heterocycles. The molecule has 3 N–H and O–H groups in total. The standard InChI is InChI=1S/C26H24N4O2/c1-17-13-18(2)25(14-23(17)24-11-8-20(27)15-29-24)30-26(31)19-6-9-22(10-7-19)32-16-21-5-3-4-12-28-21/h3-15H,16,27H2,1-2H3,(H,30,31). The van der Waals surface area contributed by atoms with Crippen molar-refractivity contribution in [2.45, 2.75) is 20.5 Å². The molecular weight excluding hydrogens is 400 g/mol. The van der Waals surface area contributed by atoms with Crippen LogP contribution >= 0.6 is 0 Å². The van der Waals surface area contributed by atoms with Gasteiger partial charge in [-0.2, -0.15) is 0 Å². The van der Waals surface area contributed by atoms with Crippen LogP contribution < -0.4 is 15.8 Å². The van der Waals surface area contributed by atoms with Crippen LogP contribution in [0.1, 0.15) is 27.2 Å². The Hall–Kier alpha value is -4.19. The number of amides is 1. The van der Waals surface area contributed by atoms with Crippen molar-refractivity contribution in [2.75, 3.05) is 11.1 Å². The van der Waals surface area contributed by atoms with E-state index in [1.54, 1.807) is 36.7 Å². The van der Waals surface area contributed by atoms with Crippen LogP contribution in [0.2, 0.25) is 0 Å². The van der Waals surface area contributed by atoms with Crippen LogP contribution in [0, 0.1) is 13.8 Å². The highest BCUT2D eigenvalue weighted by atomic mass is 16.5. The van der Waals surface area contributed by atoms with E-state index in [4.69, 9.17) is 10.5 Å². The number of carbonyl (C=O) groups is 1. The van der Waals surface area contributed by atoms with Crippen LogP contribution in [0.15, 0.2) is 79.1 Å². The van der Waals surface area contributed by atoms with E-state index in [1.165, 1.54) is 0 Å². The molecule has 2 aromatic carbocycles. The highest BCUT2D eigenvalue weighted by Crippen LogP contribution is 2.29. The number of pyridine rings is 2. The first kappa shape index (κ1) is 21.1. The first-order chi connectivity index (χ1) is 15.5.